The largest absolute Gasteiger partial charge is 0.363 e. The fourth-order valence-corrected chi connectivity index (χ4v) is 1.84. The number of carbonyl (C=O) groups is 1. The van der Waals surface area contributed by atoms with Crippen molar-refractivity contribution < 1.29 is 9.32 Å². The molecule has 2 aromatic heterocycles. The number of rotatable bonds is 5. The van der Waals surface area contributed by atoms with Crippen LogP contribution in [0.15, 0.2) is 4.52 Å². The lowest BCUT2D eigenvalue weighted by molar-refractivity contribution is 0.0953. The van der Waals surface area contributed by atoms with E-state index in [1.165, 1.54) is 11.3 Å². The zero-order valence-corrected chi connectivity index (χ0v) is 10.7. The molecule has 18 heavy (non-hydrogen) atoms. The number of amides is 1. The van der Waals surface area contributed by atoms with Crippen molar-refractivity contribution in [3.63, 3.8) is 0 Å². The van der Waals surface area contributed by atoms with Gasteiger partial charge >= 0.3 is 0 Å². The van der Waals surface area contributed by atoms with Crippen molar-refractivity contribution in [1.29, 1.82) is 0 Å². The molecule has 0 aromatic carbocycles. The highest BCUT2D eigenvalue weighted by Gasteiger charge is 2.12. The first kappa shape index (κ1) is 12.4. The van der Waals surface area contributed by atoms with Gasteiger partial charge in [-0.3, -0.25) is 4.79 Å². The maximum absolute atomic E-state index is 11.7. The van der Waals surface area contributed by atoms with E-state index in [-0.39, 0.29) is 5.91 Å². The molecule has 2 rings (SSSR count). The second-order valence-electron chi connectivity index (χ2n) is 3.40. The summed E-state index contributed by atoms with van der Waals surface area (Å²) in [4.78, 5) is 15.7. The minimum atomic E-state index is -0.255. The molecule has 0 fully saturated rings. The smallest absolute Gasteiger partial charge is 0.282 e. The van der Waals surface area contributed by atoms with Crippen LogP contribution in [0.3, 0.4) is 0 Å². The molecule has 9 heteroatoms. The van der Waals surface area contributed by atoms with E-state index in [2.05, 4.69) is 31.0 Å². The first-order valence-corrected chi connectivity index (χ1v) is 6.09. The molecule has 0 saturated carbocycles. The van der Waals surface area contributed by atoms with Crippen LogP contribution in [0.5, 0.6) is 0 Å². The zero-order valence-electron chi connectivity index (χ0n) is 9.93. The third-order valence-electron chi connectivity index (χ3n) is 2.04. The third-order valence-corrected chi connectivity index (χ3v) is 2.98. The van der Waals surface area contributed by atoms with Gasteiger partial charge in [0.1, 0.15) is 0 Å². The van der Waals surface area contributed by atoms with Gasteiger partial charge in [-0.25, -0.2) is 0 Å². The summed E-state index contributed by atoms with van der Waals surface area (Å²) in [5.74, 6) is 0.828. The Morgan fingerprint density at radius 2 is 2.28 bits per heavy atom. The fourth-order valence-electron chi connectivity index (χ4n) is 1.22. The van der Waals surface area contributed by atoms with Crippen molar-refractivity contribution in [2.75, 3.05) is 18.9 Å². The van der Waals surface area contributed by atoms with Gasteiger partial charge in [0.25, 0.3) is 5.91 Å². The topological polar surface area (TPSA) is 106 Å². The van der Waals surface area contributed by atoms with Crippen molar-refractivity contribution in [3.05, 3.63) is 16.7 Å². The number of hydrogen-bond donors (Lipinski definition) is 2. The van der Waals surface area contributed by atoms with Crippen LogP contribution in [0.4, 0.5) is 5.13 Å². The molecule has 0 saturated heterocycles. The molecule has 0 atom stereocenters. The van der Waals surface area contributed by atoms with E-state index in [0.717, 1.165) is 0 Å². The average Bonchev–Trinajstić information content (AvgIpc) is 2.98. The van der Waals surface area contributed by atoms with Gasteiger partial charge in [0.15, 0.2) is 5.82 Å². The summed E-state index contributed by atoms with van der Waals surface area (Å²) in [6.45, 7) is 2.14. The molecular formula is C9H12N6O2S. The SMILES string of the molecule is CNc1nnc(C(=O)NCCc2noc(C)n2)s1. The Bertz CT molecular complexity index is 537. The molecular weight excluding hydrogens is 256 g/mol. The van der Waals surface area contributed by atoms with Crippen molar-refractivity contribution in [2.45, 2.75) is 13.3 Å². The molecule has 0 bridgehead atoms. The molecule has 96 valence electrons. The molecule has 2 heterocycles. The Kier molecular flexibility index (Phi) is 3.82. The average molecular weight is 268 g/mol. The van der Waals surface area contributed by atoms with Crippen LogP contribution in [0.2, 0.25) is 0 Å². The van der Waals surface area contributed by atoms with Crippen molar-refractivity contribution in [2.24, 2.45) is 0 Å². The highest BCUT2D eigenvalue weighted by atomic mass is 32.1. The molecule has 0 aliphatic carbocycles. The van der Waals surface area contributed by atoms with E-state index in [0.29, 0.717) is 34.8 Å². The molecule has 0 aliphatic heterocycles. The standard InChI is InChI=1S/C9H12N6O2S/c1-5-12-6(15-17-5)3-4-11-7(16)8-13-14-9(10-2)18-8/h3-4H2,1-2H3,(H,10,14)(H,11,16). The van der Waals surface area contributed by atoms with Crippen LogP contribution in [-0.2, 0) is 6.42 Å². The molecule has 2 N–H and O–H groups in total. The summed E-state index contributed by atoms with van der Waals surface area (Å²) < 4.78 is 4.82. The summed E-state index contributed by atoms with van der Waals surface area (Å²) in [5, 5.41) is 17.7. The Morgan fingerprint density at radius 1 is 1.44 bits per heavy atom. The second-order valence-corrected chi connectivity index (χ2v) is 4.38. The van der Waals surface area contributed by atoms with Crippen LogP contribution < -0.4 is 10.6 Å². The molecule has 8 nitrogen and oxygen atoms in total. The predicted molar refractivity (Wildman–Crippen MR) is 64.5 cm³/mol. The summed E-state index contributed by atoms with van der Waals surface area (Å²) in [6.07, 6.45) is 0.515. The van der Waals surface area contributed by atoms with Gasteiger partial charge in [-0.05, 0) is 0 Å². The Morgan fingerprint density at radius 3 is 2.89 bits per heavy atom. The highest BCUT2D eigenvalue weighted by Crippen LogP contribution is 2.13. The van der Waals surface area contributed by atoms with Crippen LogP contribution in [-0.4, -0.2) is 39.8 Å². The Labute approximate surface area is 107 Å². The first-order chi connectivity index (χ1) is 8.69. The van der Waals surface area contributed by atoms with Crippen LogP contribution >= 0.6 is 11.3 Å². The first-order valence-electron chi connectivity index (χ1n) is 5.27. The molecule has 2 aromatic rings. The number of anilines is 1. The molecule has 0 unspecified atom stereocenters. The summed E-state index contributed by atoms with van der Waals surface area (Å²) in [7, 11) is 1.72. The van der Waals surface area contributed by atoms with Gasteiger partial charge in [-0.15, -0.1) is 10.2 Å². The lowest BCUT2D eigenvalue weighted by Gasteiger charge is -1.98. The van der Waals surface area contributed by atoms with E-state index < -0.39 is 0 Å². The maximum atomic E-state index is 11.7. The number of carbonyl (C=O) groups excluding carboxylic acids is 1. The minimum Gasteiger partial charge on any atom is -0.363 e. The Hall–Kier alpha value is -2.03. The lowest BCUT2D eigenvalue weighted by atomic mass is 10.4. The summed E-state index contributed by atoms with van der Waals surface area (Å²) in [5.41, 5.74) is 0. The van der Waals surface area contributed by atoms with Gasteiger partial charge < -0.3 is 15.2 Å². The van der Waals surface area contributed by atoms with Gasteiger partial charge in [-0.1, -0.05) is 16.5 Å². The number of nitrogens with one attached hydrogen (secondary N) is 2. The van der Waals surface area contributed by atoms with E-state index >= 15 is 0 Å². The van der Waals surface area contributed by atoms with Crippen LogP contribution in [0.25, 0.3) is 0 Å². The predicted octanol–water partition coefficient (Wildman–Crippen LogP) is 0.244. The van der Waals surface area contributed by atoms with E-state index in [1.807, 2.05) is 0 Å². The quantitative estimate of drug-likeness (QED) is 0.800. The van der Waals surface area contributed by atoms with Gasteiger partial charge in [0.2, 0.25) is 16.0 Å². The van der Waals surface area contributed by atoms with Crippen LogP contribution in [0.1, 0.15) is 21.5 Å². The summed E-state index contributed by atoms with van der Waals surface area (Å²) >= 11 is 1.20. The maximum Gasteiger partial charge on any atom is 0.282 e. The van der Waals surface area contributed by atoms with Crippen molar-refractivity contribution >= 4 is 22.4 Å². The number of aromatic nitrogens is 4. The minimum absolute atomic E-state index is 0.255. The molecule has 0 aliphatic rings. The Balaban J connectivity index is 1.81. The molecule has 1 amide bonds. The number of hydrogen-bond acceptors (Lipinski definition) is 8. The molecule has 0 radical (unpaired) electrons. The third kappa shape index (κ3) is 3.00. The summed E-state index contributed by atoms with van der Waals surface area (Å²) in [6, 6.07) is 0. The molecule has 0 spiro atoms. The number of aryl methyl sites for hydroxylation is 1. The van der Waals surface area contributed by atoms with E-state index in [4.69, 9.17) is 4.52 Å². The van der Waals surface area contributed by atoms with Crippen molar-refractivity contribution in [1.82, 2.24) is 25.7 Å². The van der Waals surface area contributed by atoms with Crippen molar-refractivity contribution in [3.8, 4) is 0 Å². The van der Waals surface area contributed by atoms with E-state index in [9.17, 15) is 4.79 Å². The lowest BCUT2D eigenvalue weighted by Crippen LogP contribution is -2.25. The monoisotopic (exact) mass is 268 g/mol. The normalized spacial score (nSPS) is 10.3. The van der Waals surface area contributed by atoms with Gasteiger partial charge in [0.05, 0.1) is 0 Å². The van der Waals surface area contributed by atoms with Crippen LogP contribution in [0, 0.1) is 6.92 Å². The van der Waals surface area contributed by atoms with E-state index in [1.54, 1.807) is 14.0 Å². The fraction of sp³-hybridized carbons (Fsp3) is 0.444. The van der Waals surface area contributed by atoms with Gasteiger partial charge in [0, 0.05) is 26.9 Å². The number of nitrogens with zero attached hydrogens (tertiary/aromatic N) is 4. The second kappa shape index (κ2) is 5.54. The van der Waals surface area contributed by atoms with Gasteiger partial charge in [-0.2, -0.15) is 4.98 Å². The highest BCUT2D eigenvalue weighted by molar-refractivity contribution is 7.17. The zero-order chi connectivity index (χ0) is 13.0.